The van der Waals surface area contributed by atoms with E-state index < -0.39 is 18.1 Å². The molecule has 4 heterocycles. The number of amides is 3. The van der Waals surface area contributed by atoms with Gasteiger partial charge in [0, 0.05) is 6.20 Å². The third kappa shape index (κ3) is 7.47. The Kier molecular flexibility index (Phi) is 8.76. The maximum absolute atomic E-state index is 12.8. The minimum Gasteiger partial charge on any atom is -0.404 e. The van der Waals surface area contributed by atoms with E-state index in [0.29, 0.717) is 16.6 Å². The van der Waals surface area contributed by atoms with Crippen LogP contribution in [-0.4, -0.2) is 54.0 Å². The SMILES string of the molecule is Cc1ccc(C(C)C)c(N2C(=O)CSC2=NC(=O)Nc2ccc(/C=C/c3ncn(-c4ccc(OC(F)(F)F)cn4)n3)cn2)c1. The summed E-state index contributed by atoms with van der Waals surface area (Å²) in [5.41, 5.74) is 3.38. The summed E-state index contributed by atoms with van der Waals surface area (Å²) in [4.78, 5) is 43.5. The van der Waals surface area contributed by atoms with Crippen molar-refractivity contribution in [3.63, 3.8) is 0 Å². The van der Waals surface area contributed by atoms with Crippen molar-refractivity contribution in [1.29, 1.82) is 0 Å². The fourth-order valence-electron chi connectivity index (χ4n) is 4.15. The second-order valence-electron chi connectivity index (χ2n) is 9.82. The molecular weight excluding hydrogens is 597 g/mol. The Bertz CT molecular complexity index is 1740. The molecule has 0 atom stereocenters. The Hall–Kier alpha value is -5.05. The van der Waals surface area contributed by atoms with E-state index in [2.05, 4.69) is 35.1 Å². The normalized spacial score (nSPS) is 14.7. The van der Waals surface area contributed by atoms with E-state index in [9.17, 15) is 22.8 Å². The zero-order chi connectivity index (χ0) is 31.4. The molecule has 0 spiro atoms. The van der Waals surface area contributed by atoms with Crippen LogP contribution >= 0.6 is 11.8 Å². The summed E-state index contributed by atoms with van der Waals surface area (Å²) in [7, 11) is 0. The molecule has 3 amide bonds. The number of halogens is 3. The van der Waals surface area contributed by atoms with Crippen molar-refractivity contribution in [1.82, 2.24) is 24.7 Å². The van der Waals surface area contributed by atoms with E-state index >= 15 is 0 Å². The number of carbonyl (C=O) groups excluding carboxylic acids is 2. The van der Waals surface area contributed by atoms with E-state index in [-0.39, 0.29) is 29.2 Å². The Morgan fingerprint density at radius 1 is 1.09 bits per heavy atom. The fraction of sp³-hybridized carbons (Fsp3) is 0.207. The summed E-state index contributed by atoms with van der Waals surface area (Å²) in [5, 5.41) is 7.15. The Morgan fingerprint density at radius 3 is 2.59 bits per heavy atom. The molecule has 1 aliphatic heterocycles. The van der Waals surface area contributed by atoms with Crippen molar-refractivity contribution in [2.24, 2.45) is 4.99 Å². The van der Waals surface area contributed by atoms with Crippen LogP contribution in [-0.2, 0) is 4.79 Å². The van der Waals surface area contributed by atoms with E-state index in [1.165, 1.54) is 39.9 Å². The maximum atomic E-state index is 12.8. The van der Waals surface area contributed by atoms with Gasteiger partial charge in [0.2, 0.25) is 5.91 Å². The third-order valence-corrected chi connectivity index (χ3v) is 7.08. The van der Waals surface area contributed by atoms with Gasteiger partial charge in [0.1, 0.15) is 17.9 Å². The minimum absolute atomic E-state index is 0.146. The molecule has 0 saturated carbocycles. The van der Waals surface area contributed by atoms with Crippen LogP contribution < -0.4 is 15.0 Å². The summed E-state index contributed by atoms with van der Waals surface area (Å²) in [6.45, 7) is 6.03. The number of alkyl halides is 3. The summed E-state index contributed by atoms with van der Waals surface area (Å²) in [6, 6.07) is 11.0. The summed E-state index contributed by atoms with van der Waals surface area (Å²) < 4.78 is 42.1. The van der Waals surface area contributed by atoms with Gasteiger partial charge in [-0.1, -0.05) is 37.7 Å². The highest BCUT2D eigenvalue weighted by Gasteiger charge is 2.33. The van der Waals surface area contributed by atoms with Crippen molar-refractivity contribution in [3.05, 3.63) is 83.7 Å². The Balaban J connectivity index is 1.22. The highest BCUT2D eigenvalue weighted by Crippen LogP contribution is 2.34. The number of thioether (sulfide) groups is 1. The monoisotopic (exact) mass is 622 g/mol. The smallest absolute Gasteiger partial charge is 0.404 e. The molecule has 0 unspecified atom stereocenters. The molecule has 5 rings (SSSR count). The number of hydrogen-bond acceptors (Lipinski definition) is 8. The number of anilines is 2. The summed E-state index contributed by atoms with van der Waals surface area (Å²) in [6.07, 6.45) is 2.33. The summed E-state index contributed by atoms with van der Waals surface area (Å²) in [5.74, 6) is 0.594. The van der Waals surface area contributed by atoms with Crippen molar-refractivity contribution >= 4 is 52.5 Å². The van der Waals surface area contributed by atoms with Gasteiger partial charge >= 0.3 is 12.4 Å². The van der Waals surface area contributed by atoms with Crippen LogP contribution in [0.2, 0.25) is 0 Å². The van der Waals surface area contributed by atoms with Crippen LogP contribution in [0.1, 0.15) is 42.3 Å². The van der Waals surface area contributed by atoms with Crippen LogP contribution in [0, 0.1) is 6.92 Å². The number of nitrogens with one attached hydrogen (secondary N) is 1. The van der Waals surface area contributed by atoms with Gasteiger partial charge in [0.25, 0.3) is 0 Å². The predicted molar refractivity (Wildman–Crippen MR) is 161 cm³/mol. The highest BCUT2D eigenvalue weighted by molar-refractivity contribution is 8.15. The van der Waals surface area contributed by atoms with Gasteiger partial charge < -0.3 is 4.74 Å². The number of aromatic nitrogens is 5. The number of rotatable bonds is 7. The van der Waals surface area contributed by atoms with E-state index in [1.54, 1.807) is 24.3 Å². The maximum Gasteiger partial charge on any atom is 0.573 e. The lowest BCUT2D eigenvalue weighted by molar-refractivity contribution is -0.274. The largest absolute Gasteiger partial charge is 0.573 e. The molecule has 1 N–H and O–H groups in total. The zero-order valence-electron chi connectivity index (χ0n) is 23.6. The average Bonchev–Trinajstić information content (AvgIpc) is 3.58. The number of aryl methyl sites for hydroxylation is 1. The molecule has 4 aromatic rings. The molecule has 3 aromatic heterocycles. The molecule has 0 radical (unpaired) electrons. The minimum atomic E-state index is -4.81. The van der Waals surface area contributed by atoms with Crippen molar-refractivity contribution in [3.8, 4) is 11.6 Å². The van der Waals surface area contributed by atoms with Crippen LogP contribution in [0.25, 0.3) is 18.0 Å². The first-order valence-corrected chi connectivity index (χ1v) is 14.2. The summed E-state index contributed by atoms with van der Waals surface area (Å²) >= 11 is 1.20. The van der Waals surface area contributed by atoms with Crippen LogP contribution in [0.15, 0.2) is 66.2 Å². The van der Waals surface area contributed by atoms with Crippen LogP contribution in [0.5, 0.6) is 5.75 Å². The number of hydrogen-bond donors (Lipinski definition) is 1. The van der Waals surface area contributed by atoms with Gasteiger partial charge in [-0.3, -0.25) is 15.0 Å². The molecule has 1 aromatic carbocycles. The number of pyridine rings is 2. The topological polar surface area (TPSA) is 127 Å². The highest BCUT2D eigenvalue weighted by atomic mass is 32.2. The van der Waals surface area contributed by atoms with Gasteiger partial charge in [-0.2, -0.15) is 4.99 Å². The Morgan fingerprint density at radius 2 is 1.91 bits per heavy atom. The second kappa shape index (κ2) is 12.7. The predicted octanol–water partition coefficient (Wildman–Crippen LogP) is 6.23. The number of amidine groups is 1. The van der Waals surface area contributed by atoms with Crippen molar-refractivity contribution < 1.29 is 27.5 Å². The molecule has 44 heavy (non-hydrogen) atoms. The average molecular weight is 623 g/mol. The van der Waals surface area contributed by atoms with Gasteiger partial charge in [-0.05, 0) is 72.0 Å². The number of ether oxygens (including phenoxy) is 1. The number of urea groups is 1. The molecule has 226 valence electrons. The Labute approximate surface area is 253 Å². The number of benzene rings is 1. The first kappa shape index (κ1) is 30.4. The first-order valence-electron chi connectivity index (χ1n) is 13.2. The number of carbonyl (C=O) groups is 2. The van der Waals surface area contributed by atoms with Crippen molar-refractivity contribution in [2.45, 2.75) is 33.1 Å². The van der Waals surface area contributed by atoms with Gasteiger partial charge in [0.05, 0.1) is 17.6 Å². The molecule has 0 aliphatic carbocycles. The van der Waals surface area contributed by atoms with Crippen molar-refractivity contribution in [2.75, 3.05) is 16.0 Å². The van der Waals surface area contributed by atoms with E-state index in [0.717, 1.165) is 29.1 Å². The van der Waals surface area contributed by atoms with Gasteiger partial charge in [-0.25, -0.2) is 24.4 Å². The quantitative estimate of drug-likeness (QED) is 0.257. The van der Waals surface area contributed by atoms with E-state index in [4.69, 9.17) is 0 Å². The molecule has 0 bridgehead atoms. The number of nitrogens with zero attached hydrogens (tertiary/aromatic N) is 7. The van der Waals surface area contributed by atoms with Gasteiger partial charge in [0.15, 0.2) is 16.8 Å². The molecule has 11 nitrogen and oxygen atoms in total. The molecule has 1 saturated heterocycles. The lowest BCUT2D eigenvalue weighted by atomic mass is 9.99. The molecular formula is C29H25F3N8O3S. The fourth-order valence-corrected chi connectivity index (χ4v) is 5.01. The first-order chi connectivity index (χ1) is 20.9. The molecule has 1 fully saturated rings. The molecule has 1 aliphatic rings. The molecule has 15 heteroatoms. The van der Waals surface area contributed by atoms with Crippen LogP contribution in [0.3, 0.4) is 0 Å². The lowest BCUT2D eigenvalue weighted by Gasteiger charge is -2.22. The standard InChI is InChI=1S/C29H25F3N8O3S/c1-17(2)21-8-4-18(3)12-22(21)40-26(41)15-44-28(40)37-27(42)36-23-9-5-19(13-33-23)6-10-24-35-16-39(38-24)25-11-7-20(14-34-25)43-29(30,31)32/h4-14,16-17H,15H2,1-3H3,(H,33,36,42)/b10-6+,37-28?. The second-order valence-corrected chi connectivity index (χ2v) is 10.8. The zero-order valence-corrected chi connectivity index (χ0v) is 24.4. The van der Waals surface area contributed by atoms with E-state index in [1.807, 2.05) is 39.0 Å². The third-order valence-electron chi connectivity index (χ3n) is 6.16. The van der Waals surface area contributed by atoms with Crippen LogP contribution in [0.4, 0.5) is 29.5 Å². The van der Waals surface area contributed by atoms with Gasteiger partial charge in [-0.15, -0.1) is 18.3 Å². The number of aliphatic imine (C=N–C) groups is 1. The lowest BCUT2D eigenvalue weighted by Crippen LogP contribution is -2.31.